The number of amides is 2. The summed E-state index contributed by atoms with van der Waals surface area (Å²) in [5.41, 5.74) is 3.08. The third-order valence-corrected chi connectivity index (χ3v) is 5.77. The number of anilines is 1. The number of benzene rings is 1. The lowest BCUT2D eigenvalue weighted by Crippen LogP contribution is -2.51. The SMILES string of the molecule is Cc1cccc(C)c1NC(=O)CN1CCN(CC(=O)N[C@@H](C)CCCC(C)C)CC1. The van der Waals surface area contributed by atoms with Crippen LogP contribution in [0.25, 0.3) is 0 Å². The first-order valence-electron chi connectivity index (χ1n) is 11.3. The lowest BCUT2D eigenvalue weighted by molar-refractivity contribution is -0.124. The fourth-order valence-electron chi connectivity index (χ4n) is 3.93. The fraction of sp³-hybridized carbons (Fsp3) is 0.667. The number of para-hydroxylation sites is 1. The maximum atomic E-state index is 12.5. The van der Waals surface area contributed by atoms with Crippen LogP contribution in [0.2, 0.25) is 0 Å². The van der Waals surface area contributed by atoms with Crippen LogP contribution in [-0.4, -0.2) is 66.9 Å². The molecule has 1 aromatic carbocycles. The van der Waals surface area contributed by atoms with Crippen LogP contribution in [0.5, 0.6) is 0 Å². The van der Waals surface area contributed by atoms with Gasteiger partial charge in [-0.15, -0.1) is 0 Å². The van der Waals surface area contributed by atoms with E-state index in [1.165, 1.54) is 6.42 Å². The Bertz CT molecular complexity index is 676. The number of rotatable bonds is 10. The standard InChI is InChI=1S/C24H40N4O2/c1-18(2)8-6-11-21(5)25-22(29)16-27-12-14-28(15-13-27)17-23(30)26-24-19(3)9-7-10-20(24)4/h7,9-10,18,21H,6,8,11-17H2,1-5H3,(H,25,29)(H,26,30)/t21-/m0/s1. The second-order valence-electron chi connectivity index (χ2n) is 9.16. The molecule has 30 heavy (non-hydrogen) atoms. The summed E-state index contributed by atoms with van der Waals surface area (Å²) >= 11 is 0. The van der Waals surface area contributed by atoms with Crippen molar-refractivity contribution in [2.24, 2.45) is 5.92 Å². The van der Waals surface area contributed by atoms with Gasteiger partial charge in [0.15, 0.2) is 0 Å². The van der Waals surface area contributed by atoms with Gasteiger partial charge in [0, 0.05) is 37.9 Å². The number of nitrogens with one attached hydrogen (secondary N) is 2. The van der Waals surface area contributed by atoms with E-state index in [9.17, 15) is 9.59 Å². The molecule has 0 spiro atoms. The van der Waals surface area contributed by atoms with Gasteiger partial charge in [-0.3, -0.25) is 19.4 Å². The van der Waals surface area contributed by atoms with Gasteiger partial charge in [-0.2, -0.15) is 0 Å². The van der Waals surface area contributed by atoms with Crippen molar-refractivity contribution in [1.82, 2.24) is 15.1 Å². The molecule has 1 saturated heterocycles. The normalized spacial score (nSPS) is 16.5. The molecule has 0 radical (unpaired) electrons. The van der Waals surface area contributed by atoms with Crippen LogP contribution in [0, 0.1) is 19.8 Å². The first kappa shape index (κ1) is 24.4. The van der Waals surface area contributed by atoms with Gasteiger partial charge in [0.1, 0.15) is 0 Å². The van der Waals surface area contributed by atoms with Crippen LogP contribution in [-0.2, 0) is 9.59 Å². The Morgan fingerprint density at radius 3 is 1.97 bits per heavy atom. The second kappa shape index (κ2) is 12.1. The Kier molecular flexibility index (Phi) is 9.79. The zero-order valence-corrected chi connectivity index (χ0v) is 19.5. The van der Waals surface area contributed by atoms with Crippen LogP contribution in [0.4, 0.5) is 5.69 Å². The number of piperazine rings is 1. The summed E-state index contributed by atoms with van der Waals surface area (Å²) < 4.78 is 0. The molecule has 0 bridgehead atoms. The molecule has 1 aliphatic rings. The maximum Gasteiger partial charge on any atom is 0.238 e. The van der Waals surface area contributed by atoms with Crippen LogP contribution in [0.3, 0.4) is 0 Å². The summed E-state index contributed by atoms with van der Waals surface area (Å²) in [5.74, 6) is 0.842. The van der Waals surface area contributed by atoms with Gasteiger partial charge < -0.3 is 10.6 Å². The molecule has 1 heterocycles. The minimum Gasteiger partial charge on any atom is -0.353 e. The zero-order valence-electron chi connectivity index (χ0n) is 19.5. The van der Waals surface area contributed by atoms with Gasteiger partial charge in [0.05, 0.1) is 13.1 Å². The molecule has 2 N–H and O–H groups in total. The molecule has 2 rings (SSSR count). The lowest BCUT2D eigenvalue weighted by Gasteiger charge is -2.34. The predicted octanol–water partition coefficient (Wildman–Crippen LogP) is 3.19. The largest absolute Gasteiger partial charge is 0.353 e. The highest BCUT2D eigenvalue weighted by Crippen LogP contribution is 2.19. The maximum absolute atomic E-state index is 12.5. The molecule has 1 atom stereocenters. The summed E-state index contributed by atoms with van der Waals surface area (Å²) in [7, 11) is 0. The Balaban J connectivity index is 1.67. The molecule has 6 heteroatoms. The van der Waals surface area contributed by atoms with Gasteiger partial charge in [0.2, 0.25) is 11.8 Å². The van der Waals surface area contributed by atoms with E-state index in [-0.39, 0.29) is 17.9 Å². The van der Waals surface area contributed by atoms with Crippen LogP contribution in [0.15, 0.2) is 18.2 Å². The average Bonchev–Trinajstić information content (AvgIpc) is 2.66. The monoisotopic (exact) mass is 416 g/mol. The molecule has 6 nitrogen and oxygen atoms in total. The van der Waals surface area contributed by atoms with Crippen LogP contribution < -0.4 is 10.6 Å². The van der Waals surface area contributed by atoms with Crippen LogP contribution >= 0.6 is 0 Å². The van der Waals surface area contributed by atoms with Gasteiger partial charge in [-0.1, -0.05) is 44.9 Å². The smallest absolute Gasteiger partial charge is 0.238 e. The van der Waals surface area contributed by atoms with E-state index in [4.69, 9.17) is 0 Å². The average molecular weight is 417 g/mol. The Morgan fingerprint density at radius 1 is 0.900 bits per heavy atom. The van der Waals surface area contributed by atoms with Gasteiger partial charge in [-0.25, -0.2) is 0 Å². The highest BCUT2D eigenvalue weighted by Gasteiger charge is 2.21. The predicted molar refractivity (Wildman–Crippen MR) is 124 cm³/mol. The minimum atomic E-state index is 0.0221. The van der Waals surface area contributed by atoms with Crippen LogP contribution in [0.1, 0.15) is 51.2 Å². The van der Waals surface area contributed by atoms with Crippen molar-refractivity contribution in [1.29, 1.82) is 0 Å². The quantitative estimate of drug-likeness (QED) is 0.615. The molecule has 1 aromatic rings. The van der Waals surface area contributed by atoms with E-state index < -0.39 is 0 Å². The first-order chi connectivity index (χ1) is 14.2. The zero-order chi connectivity index (χ0) is 22.1. The number of carbonyl (C=O) groups is 2. The molecular formula is C24H40N4O2. The number of aryl methyl sites for hydroxylation is 2. The molecular weight excluding hydrogens is 376 g/mol. The summed E-state index contributed by atoms with van der Waals surface area (Å²) in [6.07, 6.45) is 3.40. The summed E-state index contributed by atoms with van der Waals surface area (Å²) in [6.45, 7) is 14.6. The molecule has 1 fully saturated rings. The topological polar surface area (TPSA) is 64.7 Å². The van der Waals surface area contributed by atoms with Gasteiger partial charge in [-0.05, 0) is 44.2 Å². The van der Waals surface area contributed by atoms with Crippen molar-refractivity contribution < 1.29 is 9.59 Å². The Hall–Kier alpha value is -1.92. The lowest BCUT2D eigenvalue weighted by atomic mass is 10.0. The van der Waals surface area contributed by atoms with Crippen molar-refractivity contribution in [2.75, 3.05) is 44.6 Å². The molecule has 0 aliphatic carbocycles. The van der Waals surface area contributed by atoms with Gasteiger partial charge >= 0.3 is 0 Å². The summed E-state index contributed by atoms with van der Waals surface area (Å²) in [6, 6.07) is 6.25. The minimum absolute atomic E-state index is 0.0221. The number of carbonyl (C=O) groups excluding carboxylic acids is 2. The number of hydrogen-bond acceptors (Lipinski definition) is 4. The molecule has 1 aliphatic heterocycles. The summed E-state index contributed by atoms with van der Waals surface area (Å²) in [5, 5.41) is 6.18. The number of hydrogen-bond donors (Lipinski definition) is 2. The van der Waals surface area contributed by atoms with Crippen molar-refractivity contribution in [3.63, 3.8) is 0 Å². The molecule has 2 amide bonds. The summed E-state index contributed by atoms with van der Waals surface area (Å²) in [4.78, 5) is 29.1. The third kappa shape index (κ3) is 8.44. The molecule has 168 valence electrons. The highest BCUT2D eigenvalue weighted by atomic mass is 16.2. The molecule has 0 unspecified atom stereocenters. The third-order valence-electron chi connectivity index (χ3n) is 5.77. The van der Waals surface area contributed by atoms with Crippen molar-refractivity contribution in [2.45, 2.75) is 59.9 Å². The Morgan fingerprint density at radius 2 is 1.43 bits per heavy atom. The second-order valence-corrected chi connectivity index (χ2v) is 9.16. The Labute approximate surface area is 182 Å². The van der Waals surface area contributed by atoms with E-state index in [2.05, 4.69) is 41.2 Å². The first-order valence-corrected chi connectivity index (χ1v) is 11.3. The van der Waals surface area contributed by atoms with Crippen molar-refractivity contribution in [3.05, 3.63) is 29.3 Å². The van der Waals surface area contributed by atoms with E-state index >= 15 is 0 Å². The fourth-order valence-corrected chi connectivity index (χ4v) is 3.93. The van der Waals surface area contributed by atoms with E-state index in [1.54, 1.807) is 0 Å². The van der Waals surface area contributed by atoms with Crippen molar-refractivity contribution in [3.8, 4) is 0 Å². The van der Waals surface area contributed by atoms with E-state index in [1.807, 2.05) is 32.0 Å². The van der Waals surface area contributed by atoms with E-state index in [0.29, 0.717) is 19.0 Å². The molecule has 0 saturated carbocycles. The van der Waals surface area contributed by atoms with Crippen molar-refractivity contribution >= 4 is 17.5 Å². The van der Waals surface area contributed by atoms with Gasteiger partial charge in [0.25, 0.3) is 0 Å². The highest BCUT2D eigenvalue weighted by molar-refractivity contribution is 5.93. The molecule has 0 aromatic heterocycles. The van der Waals surface area contributed by atoms with E-state index in [0.717, 1.165) is 55.8 Å². The number of nitrogens with zero attached hydrogens (tertiary/aromatic N) is 2.